The molecule has 1 aliphatic heterocycles. The van der Waals surface area contributed by atoms with Crippen molar-refractivity contribution >= 4 is 11.9 Å². The Kier molecular flexibility index (Phi) is 5.98. The summed E-state index contributed by atoms with van der Waals surface area (Å²) in [6.07, 6.45) is 2.54. The van der Waals surface area contributed by atoms with Gasteiger partial charge in [-0.1, -0.05) is 0 Å². The molecule has 0 aromatic carbocycles. The summed E-state index contributed by atoms with van der Waals surface area (Å²) in [5.74, 6) is -0.545. The number of carbonyl (C=O) groups excluding carboxylic acids is 2. The van der Waals surface area contributed by atoms with E-state index in [1.807, 2.05) is 26.8 Å². The molecule has 0 aromatic heterocycles. The maximum atomic E-state index is 12.4. The first-order valence-corrected chi connectivity index (χ1v) is 7.44. The third-order valence-electron chi connectivity index (χ3n) is 3.22. The molecule has 1 atom stereocenters. The standard InChI is InChI=1S/C16H25N3O3/c1-16(2,3)22-15(21)19-8-6-7-12(11-19)14(20)13(9-17)10-18(4)5/h10,12H,6-8,11H2,1-5H3/b13-10+/t12-/m0/s1. The molecule has 122 valence electrons. The van der Waals surface area contributed by atoms with Gasteiger partial charge in [0.1, 0.15) is 17.2 Å². The van der Waals surface area contributed by atoms with E-state index in [1.54, 1.807) is 23.9 Å². The molecule has 22 heavy (non-hydrogen) atoms. The van der Waals surface area contributed by atoms with Crippen LogP contribution in [0.2, 0.25) is 0 Å². The number of likely N-dealkylation sites (tertiary alicyclic amines) is 1. The fourth-order valence-corrected chi connectivity index (χ4v) is 2.31. The number of rotatable bonds is 3. The number of nitriles is 1. The van der Waals surface area contributed by atoms with Gasteiger partial charge >= 0.3 is 6.09 Å². The number of Topliss-reactive ketones (excluding diaryl/α,β-unsaturated/α-hetero) is 1. The molecule has 6 nitrogen and oxygen atoms in total. The molecular weight excluding hydrogens is 282 g/mol. The summed E-state index contributed by atoms with van der Waals surface area (Å²) in [5.41, 5.74) is -0.433. The van der Waals surface area contributed by atoms with Crippen LogP contribution in [0.3, 0.4) is 0 Å². The van der Waals surface area contributed by atoms with Crippen molar-refractivity contribution in [1.29, 1.82) is 5.26 Å². The molecule has 0 N–H and O–H groups in total. The lowest BCUT2D eigenvalue weighted by molar-refractivity contribution is -0.120. The van der Waals surface area contributed by atoms with Crippen molar-refractivity contribution in [2.75, 3.05) is 27.2 Å². The predicted molar refractivity (Wildman–Crippen MR) is 82.9 cm³/mol. The van der Waals surface area contributed by atoms with Gasteiger partial charge in [-0.3, -0.25) is 4.79 Å². The Morgan fingerprint density at radius 3 is 2.50 bits per heavy atom. The second-order valence-electron chi connectivity index (χ2n) is 6.75. The second kappa shape index (κ2) is 7.30. The number of allylic oxidation sites excluding steroid dienone is 1. The third-order valence-corrected chi connectivity index (χ3v) is 3.22. The van der Waals surface area contributed by atoms with Crippen molar-refractivity contribution in [3.05, 3.63) is 11.8 Å². The highest BCUT2D eigenvalue weighted by molar-refractivity contribution is 6.00. The lowest BCUT2D eigenvalue weighted by atomic mass is 9.90. The molecule has 0 aromatic rings. The van der Waals surface area contributed by atoms with Gasteiger partial charge in [-0.05, 0) is 33.6 Å². The monoisotopic (exact) mass is 307 g/mol. The van der Waals surface area contributed by atoms with Crippen LogP contribution >= 0.6 is 0 Å². The molecule has 1 aliphatic rings. The van der Waals surface area contributed by atoms with Gasteiger partial charge in [0.15, 0.2) is 5.78 Å². The molecule has 0 aliphatic carbocycles. The first-order chi connectivity index (χ1) is 10.1. The van der Waals surface area contributed by atoms with E-state index in [4.69, 9.17) is 10.00 Å². The van der Waals surface area contributed by atoms with Crippen molar-refractivity contribution in [1.82, 2.24) is 9.80 Å². The molecule has 1 fully saturated rings. The zero-order valence-electron chi connectivity index (χ0n) is 14.0. The van der Waals surface area contributed by atoms with Gasteiger partial charge in [-0.25, -0.2) is 4.79 Å². The van der Waals surface area contributed by atoms with Gasteiger partial charge in [-0.2, -0.15) is 5.26 Å². The van der Waals surface area contributed by atoms with Gasteiger partial charge < -0.3 is 14.5 Å². The maximum Gasteiger partial charge on any atom is 0.410 e. The first-order valence-electron chi connectivity index (χ1n) is 7.44. The molecule has 1 amide bonds. The first kappa shape index (κ1) is 18.0. The number of ether oxygens (including phenoxy) is 1. The van der Waals surface area contributed by atoms with E-state index in [9.17, 15) is 9.59 Å². The van der Waals surface area contributed by atoms with Gasteiger partial charge in [-0.15, -0.1) is 0 Å². The number of amides is 1. The number of piperidine rings is 1. The van der Waals surface area contributed by atoms with Crippen molar-refractivity contribution in [2.45, 2.75) is 39.2 Å². The van der Waals surface area contributed by atoms with E-state index < -0.39 is 11.7 Å². The van der Waals surface area contributed by atoms with Gasteiger partial charge in [0.05, 0.1) is 0 Å². The molecule has 1 heterocycles. The van der Waals surface area contributed by atoms with Crippen LogP contribution in [0, 0.1) is 17.2 Å². The van der Waals surface area contributed by atoms with Crippen molar-refractivity contribution in [3.8, 4) is 6.07 Å². The normalized spacial score (nSPS) is 19.4. The Morgan fingerprint density at radius 2 is 2.00 bits per heavy atom. The van der Waals surface area contributed by atoms with Crippen LogP contribution < -0.4 is 0 Å². The molecule has 6 heteroatoms. The van der Waals surface area contributed by atoms with Crippen LogP contribution in [0.1, 0.15) is 33.6 Å². The quantitative estimate of drug-likeness (QED) is 0.590. The molecule has 0 spiro atoms. The fraction of sp³-hybridized carbons (Fsp3) is 0.688. The molecule has 1 rings (SSSR count). The Balaban J connectivity index is 2.76. The largest absolute Gasteiger partial charge is 0.444 e. The zero-order valence-corrected chi connectivity index (χ0v) is 14.0. The van der Waals surface area contributed by atoms with Gasteiger partial charge in [0, 0.05) is 39.3 Å². The molecule has 0 bridgehead atoms. The lowest BCUT2D eigenvalue weighted by Crippen LogP contribution is -2.44. The highest BCUT2D eigenvalue weighted by Crippen LogP contribution is 2.22. The minimum Gasteiger partial charge on any atom is -0.444 e. The number of ketones is 1. The zero-order chi connectivity index (χ0) is 16.9. The summed E-state index contributed by atoms with van der Waals surface area (Å²) in [4.78, 5) is 27.8. The molecular formula is C16H25N3O3. The Labute approximate surface area is 132 Å². The smallest absolute Gasteiger partial charge is 0.410 e. The maximum absolute atomic E-state index is 12.4. The highest BCUT2D eigenvalue weighted by atomic mass is 16.6. The van der Waals surface area contributed by atoms with Gasteiger partial charge in [0.25, 0.3) is 0 Å². The van der Waals surface area contributed by atoms with E-state index >= 15 is 0 Å². The SMILES string of the molecule is CN(C)/C=C(\C#N)C(=O)[C@H]1CCCN(C(=O)OC(C)(C)C)C1. The Morgan fingerprint density at radius 1 is 1.36 bits per heavy atom. The molecule has 1 saturated heterocycles. The van der Waals surface area contributed by atoms with Crippen molar-refractivity contribution < 1.29 is 14.3 Å². The number of carbonyl (C=O) groups is 2. The Hall–Kier alpha value is -2.03. The number of nitrogens with zero attached hydrogens (tertiary/aromatic N) is 3. The summed E-state index contributed by atoms with van der Waals surface area (Å²) >= 11 is 0. The van der Waals surface area contributed by atoms with E-state index in [0.717, 1.165) is 6.42 Å². The number of hydrogen-bond donors (Lipinski definition) is 0. The highest BCUT2D eigenvalue weighted by Gasteiger charge is 2.32. The fourth-order valence-electron chi connectivity index (χ4n) is 2.31. The minimum atomic E-state index is -0.559. The minimum absolute atomic E-state index is 0.126. The van der Waals surface area contributed by atoms with Gasteiger partial charge in [0.2, 0.25) is 0 Å². The van der Waals surface area contributed by atoms with Crippen LogP contribution in [0.25, 0.3) is 0 Å². The number of hydrogen-bond acceptors (Lipinski definition) is 5. The van der Waals surface area contributed by atoms with E-state index in [2.05, 4.69) is 0 Å². The second-order valence-corrected chi connectivity index (χ2v) is 6.75. The predicted octanol–water partition coefficient (Wildman–Crippen LogP) is 2.17. The average Bonchev–Trinajstić information content (AvgIpc) is 2.42. The Bertz CT molecular complexity index is 498. The molecule has 0 unspecified atom stereocenters. The topological polar surface area (TPSA) is 73.6 Å². The summed E-state index contributed by atoms with van der Waals surface area (Å²) < 4.78 is 5.34. The van der Waals surface area contributed by atoms with E-state index in [-0.39, 0.29) is 17.3 Å². The van der Waals surface area contributed by atoms with Crippen LogP contribution in [-0.4, -0.2) is 54.5 Å². The lowest BCUT2D eigenvalue weighted by Gasteiger charge is -2.33. The van der Waals surface area contributed by atoms with Crippen LogP contribution in [0.4, 0.5) is 4.79 Å². The summed E-state index contributed by atoms with van der Waals surface area (Å²) in [6.45, 7) is 6.32. The molecule has 0 saturated carbocycles. The average molecular weight is 307 g/mol. The van der Waals surface area contributed by atoms with Crippen LogP contribution in [0.5, 0.6) is 0 Å². The van der Waals surface area contributed by atoms with Crippen LogP contribution in [0.15, 0.2) is 11.8 Å². The summed E-state index contributed by atoms with van der Waals surface area (Å²) in [7, 11) is 3.52. The summed E-state index contributed by atoms with van der Waals surface area (Å²) in [6, 6.07) is 1.95. The van der Waals surface area contributed by atoms with Crippen LogP contribution in [-0.2, 0) is 9.53 Å². The van der Waals surface area contributed by atoms with Crippen molar-refractivity contribution in [2.24, 2.45) is 5.92 Å². The van der Waals surface area contributed by atoms with E-state index in [1.165, 1.54) is 6.20 Å². The summed E-state index contributed by atoms with van der Waals surface area (Å²) in [5, 5.41) is 9.13. The van der Waals surface area contributed by atoms with Crippen molar-refractivity contribution in [3.63, 3.8) is 0 Å². The molecule has 0 radical (unpaired) electrons. The van der Waals surface area contributed by atoms with E-state index in [0.29, 0.717) is 19.5 Å². The third kappa shape index (κ3) is 5.40.